The second-order valence-corrected chi connectivity index (χ2v) is 6.57. The zero-order valence-corrected chi connectivity index (χ0v) is 13.3. The SMILES string of the molecule is CCc1ccc(CSc2nc(C)nc(C)c2C(=O)O)s1. The second kappa shape index (κ2) is 6.37. The van der Waals surface area contributed by atoms with Crippen LogP contribution in [-0.2, 0) is 12.2 Å². The molecule has 1 N–H and O–H groups in total. The van der Waals surface area contributed by atoms with Crippen molar-refractivity contribution in [2.24, 2.45) is 0 Å². The zero-order valence-electron chi connectivity index (χ0n) is 11.6. The Hall–Kier alpha value is -1.40. The molecule has 0 radical (unpaired) electrons. The van der Waals surface area contributed by atoms with Crippen LogP contribution in [-0.4, -0.2) is 21.0 Å². The van der Waals surface area contributed by atoms with Crippen molar-refractivity contribution in [1.29, 1.82) is 0 Å². The minimum absolute atomic E-state index is 0.216. The first-order valence-corrected chi connectivity index (χ1v) is 8.10. The number of nitrogens with zero attached hydrogens (tertiary/aromatic N) is 2. The molecular weight excluding hydrogens is 292 g/mol. The number of carbonyl (C=O) groups is 1. The van der Waals surface area contributed by atoms with E-state index in [4.69, 9.17) is 0 Å². The number of hydrogen-bond acceptors (Lipinski definition) is 5. The fourth-order valence-electron chi connectivity index (χ4n) is 1.86. The van der Waals surface area contributed by atoms with Gasteiger partial charge in [0.05, 0.1) is 5.69 Å². The van der Waals surface area contributed by atoms with Crippen LogP contribution < -0.4 is 0 Å². The van der Waals surface area contributed by atoms with E-state index >= 15 is 0 Å². The molecule has 106 valence electrons. The third kappa shape index (κ3) is 3.37. The maximum Gasteiger partial charge on any atom is 0.340 e. The first-order valence-electron chi connectivity index (χ1n) is 6.30. The first-order chi connectivity index (χ1) is 9.51. The molecule has 0 atom stereocenters. The van der Waals surface area contributed by atoms with Gasteiger partial charge in [-0.1, -0.05) is 18.7 Å². The van der Waals surface area contributed by atoms with E-state index in [9.17, 15) is 9.90 Å². The van der Waals surface area contributed by atoms with Crippen LogP contribution in [0.4, 0.5) is 0 Å². The second-order valence-electron chi connectivity index (χ2n) is 4.35. The van der Waals surface area contributed by atoms with Gasteiger partial charge in [0, 0.05) is 15.5 Å². The molecule has 0 aliphatic rings. The minimum atomic E-state index is -0.967. The molecule has 2 aromatic rings. The van der Waals surface area contributed by atoms with Gasteiger partial charge in [-0.2, -0.15) is 0 Å². The summed E-state index contributed by atoms with van der Waals surface area (Å²) < 4.78 is 0. The summed E-state index contributed by atoms with van der Waals surface area (Å²) in [5, 5.41) is 9.84. The highest BCUT2D eigenvalue weighted by molar-refractivity contribution is 7.98. The third-order valence-electron chi connectivity index (χ3n) is 2.80. The van der Waals surface area contributed by atoms with Gasteiger partial charge in [-0.25, -0.2) is 14.8 Å². The van der Waals surface area contributed by atoms with Crippen molar-refractivity contribution in [3.63, 3.8) is 0 Å². The molecular formula is C14H16N2O2S2. The molecule has 4 nitrogen and oxygen atoms in total. The Bertz CT molecular complexity index is 638. The molecule has 2 heterocycles. The van der Waals surface area contributed by atoms with Crippen LogP contribution in [0.5, 0.6) is 0 Å². The lowest BCUT2D eigenvalue weighted by atomic mass is 10.2. The van der Waals surface area contributed by atoms with E-state index in [1.807, 2.05) is 0 Å². The van der Waals surface area contributed by atoms with Gasteiger partial charge < -0.3 is 5.11 Å². The van der Waals surface area contributed by atoms with Crippen LogP contribution in [0, 0.1) is 13.8 Å². The van der Waals surface area contributed by atoms with Gasteiger partial charge in [0.1, 0.15) is 16.4 Å². The summed E-state index contributed by atoms with van der Waals surface area (Å²) in [5.41, 5.74) is 0.737. The number of hydrogen-bond donors (Lipinski definition) is 1. The summed E-state index contributed by atoms with van der Waals surface area (Å²) in [6.45, 7) is 5.62. The lowest BCUT2D eigenvalue weighted by Crippen LogP contribution is -2.08. The maximum atomic E-state index is 11.3. The Morgan fingerprint density at radius 2 is 2.00 bits per heavy atom. The molecule has 0 fully saturated rings. The van der Waals surface area contributed by atoms with E-state index in [0.29, 0.717) is 16.5 Å². The number of carboxylic acids is 1. The quantitative estimate of drug-likeness (QED) is 0.674. The zero-order chi connectivity index (χ0) is 14.7. The molecule has 0 aliphatic carbocycles. The van der Waals surface area contributed by atoms with Crippen molar-refractivity contribution < 1.29 is 9.90 Å². The number of carboxylic acid groups (broad SMARTS) is 1. The van der Waals surface area contributed by atoms with Gasteiger partial charge >= 0.3 is 5.97 Å². The Kier molecular flexibility index (Phi) is 4.77. The summed E-state index contributed by atoms with van der Waals surface area (Å²) in [4.78, 5) is 22.3. The number of thioether (sulfide) groups is 1. The minimum Gasteiger partial charge on any atom is -0.478 e. The van der Waals surface area contributed by atoms with E-state index in [2.05, 4.69) is 29.0 Å². The van der Waals surface area contributed by atoms with Crippen molar-refractivity contribution >= 4 is 29.1 Å². The highest BCUT2D eigenvalue weighted by atomic mass is 32.2. The van der Waals surface area contributed by atoms with Crippen LogP contribution in [0.25, 0.3) is 0 Å². The monoisotopic (exact) mass is 308 g/mol. The number of aromatic carboxylic acids is 1. The lowest BCUT2D eigenvalue weighted by Gasteiger charge is -2.07. The fourth-order valence-corrected chi connectivity index (χ4v) is 3.98. The summed E-state index contributed by atoms with van der Waals surface area (Å²) >= 11 is 3.22. The van der Waals surface area contributed by atoms with Gasteiger partial charge in [0.25, 0.3) is 0 Å². The highest BCUT2D eigenvalue weighted by Gasteiger charge is 2.17. The lowest BCUT2D eigenvalue weighted by molar-refractivity contribution is 0.0690. The molecule has 0 saturated heterocycles. The summed E-state index contributed by atoms with van der Waals surface area (Å²) in [5.74, 6) is 0.377. The van der Waals surface area contributed by atoms with E-state index in [1.54, 1.807) is 25.2 Å². The largest absolute Gasteiger partial charge is 0.478 e. The maximum absolute atomic E-state index is 11.3. The van der Waals surface area contributed by atoms with Crippen LogP contribution in [0.2, 0.25) is 0 Å². The molecule has 0 amide bonds. The molecule has 2 rings (SSSR count). The Morgan fingerprint density at radius 3 is 2.60 bits per heavy atom. The molecule has 2 aromatic heterocycles. The van der Waals surface area contributed by atoms with Gasteiger partial charge in [-0.05, 0) is 32.4 Å². The topological polar surface area (TPSA) is 63.1 Å². The average Bonchev–Trinajstić information content (AvgIpc) is 2.82. The van der Waals surface area contributed by atoms with Crippen molar-refractivity contribution in [2.45, 2.75) is 38.0 Å². The average molecular weight is 308 g/mol. The highest BCUT2D eigenvalue weighted by Crippen LogP contribution is 2.29. The standard InChI is InChI=1S/C14H16N2O2S2/c1-4-10-5-6-11(20-10)7-19-13-12(14(17)18)8(2)15-9(3)16-13/h5-6H,4,7H2,1-3H3,(H,17,18). The van der Waals surface area contributed by atoms with E-state index in [-0.39, 0.29) is 5.56 Å². The van der Waals surface area contributed by atoms with Crippen LogP contribution in [0.3, 0.4) is 0 Å². The summed E-state index contributed by atoms with van der Waals surface area (Å²) in [6, 6.07) is 4.22. The Morgan fingerprint density at radius 1 is 1.30 bits per heavy atom. The molecule has 6 heteroatoms. The van der Waals surface area contributed by atoms with Gasteiger partial charge in [-0.15, -0.1) is 11.3 Å². The van der Waals surface area contributed by atoms with Crippen molar-refractivity contribution in [3.05, 3.63) is 39.0 Å². The van der Waals surface area contributed by atoms with E-state index in [0.717, 1.165) is 12.2 Å². The van der Waals surface area contributed by atoms with Crippen LogP contribution >= 0.6 is 23.1 Å². The molecule has 0 aromatic carbocycles. The Labute approximate surface area is 126 Å². The predicted molar refractivity (Wildman–Crippen MR) is 81.7 cm³/mol. The summed E-state index contributed by atoms with van der Waals surface area (Å²) in [6.07, 6.45) is 1.03. The molecule has 0 unspecified atom stereocenters. The third-order valence-corrected chi connectivity index (χ3v) is 5.24. The molecule has 0 saturated carbocycles. The summed E-state index contributed by atoms with van der Waals surface area (Å²) in [7, 11) is 0. The molecule has 0 spiro atoms. The van der Waals surface area contributed by atoms with Crippen LogP contribution in [0.1, 0.15) is 38.6 Å². The number of aryl methyl sites for hydroxylation is 3. The van der Waals surface area contributed by atoms with E-state index < -0.39 is 5.97 Å². The van der Waals surface area contributed by atoms with Gasteiger partial charge in [0.2, 0.25) is 0 Å². The van der Waals surface area contributed by atoms with E-state index in [1.165, 1.54) is 21.5 Å². The Balaban J connectivity index is 2.22. The van der Waals surface area contributed by atoms with Crippen molar-refractivity contribution in [2.75, 3.05) is 0 Å². The number of thiophene rings is 1. The van der Waals surface area contributed by atoms with Crippen molar-refractivity contribution in [1.82, 2.24) is 9.97 Å². The molecule has 20 heavy (non-hydrogen) atoms. The molecule has 0 aliphatic heterocycles. The van der Waals surface area contributed by atoms with Crippen molar-refractivity contribution in [3.8, 4) is 0 Å². The predicted octanol–water partition coefficient (Wildman–Crippen LogP) is 3.71. The molecule has 0 bridgehead atoms. The fraction of sp³-hybridized carbons (Fsp3) is 0.357. The van der Waals surface area contributed by atoms with Gasteiger partial charge in [0.15, 0.2) is 0 Å². The first kappa shape index (κ1) is 15.0. The van der Waals surface area contributed by atoms with Crippen LogP contribution in [0.15, 0.2) is 17.2 Å². The number of rotatable bonds is 5. The smallest absolute Gasteiger partial charge is 0.340 e. The normalized spacial score (nSPS) is 10.8. The van der Waals surface area contributed by atoms with Gasteiger partial charge in [-0.3, -0.25) is 0 Å². The number of aromatic nitrogens is 2.